The third-order valence-electron chi connectivity index (χ3n) is 3.55. The fourth-order valence-corrected chi connectivity index (χ4v) is 3.91. The molecule has 1 aliphatic rings. The number of imidazole rings is 1. The Bertz CT molecular complexity index is 539. The number of benzene rings is 1. The van der Waals surface area contributed by atoms with Crippen LogP contribution in [-0.2, 0) is 19.5 Å². The smallest absolute Gasteiger partial charge is 0.0950 e. The van der Waals surface area contributed by atoms with Gasteiger partial charge in [0.15, 0.2) is 0 Å². The summed E-state index contributed by atoms with van der Waals surface area (Å²) in [7, 11) is 0. The summed E-state index contributed by atoms with van der Waals surface area (Å²) in [4.78, 5) is 5.92. The van der Waals surface area contributed by atoms with Crippen molar-refractivity contribution in [2.45, 2.75) is 43.0 Å². The van der Waals surface area contributed by atoms with Gasteiger partial charge in [0.2, 0.25) is 0 Å². The third-order valence-corrected chi connectivity index (χ3v) is 4.85. The van der Waals surface area contributed by atoms with Gasteiger partial charge in [0, 0.05) is 29.4 Å². The van der Waals surface area contributed by atoms with E-state index in [0.29, 0.717) is 5.25 Å². The maximum Gasteiger partial charge on any atom is 0.0950 e. The zero-order valence-corrected chi connectivity index (χ0v) is 12.7. The summed E-state index contributed by atoms with van der Waals surface area (Å²) < 4.78 is 2.23. The van der Waals surface area contributed by atoms with Crippen LogP contribution in [0.25, 0.3) is 0 Å². The summed E-state index contributed by atoms with van der Waals surface area (Å²) in [6.45, 7) is 5.15. The quantitative estimate of drug-likeness (QED) is 0.828. The van der Waals surface area contributed by atoms with Crippen molar-refractivity contribution in [2.75, 3.05) is 6.54 Å². The fourth-order valence-electron chi connectivity index (χ4n) is 2.58. The molecule has 2 heterocycles. The molecule has 0 saturated carbocycles. The van der Waals surface area contributed by atoms with Gasteiger partial charge in [0.05, 0.1) is 12.0 Å². The lowest BCUT2D eigenvalue weighted by Gasteiger charge is -2.08. The molecule has 1 aromatic carbocycles. The molecule has 20 heavy (non-hydrogen) atoms. The molecule has 1 unspecified atom stereocenters. The maximum absolute atomic E-state index is 4.47. The second kappa shape index (κ2) is 6.46. The number of hydrogen-bond acceptors (Lipinski definition) is 3. The van der Waals surface area contributed by atoms with Gasteiger partial charge < -0.3 is 9.88 Å². The molecule has 3 rings (SSSR count). The minimum atomic E-state index is 0.637. The Morgan fingerprint density at radius 2 is 2.30 bits per heavy atom. The number of rotatable bonds is 6. The molecule has 1 atom stereocenters. The van der Waals surface area contributed by atoms with E-state index < -0.39 is 0 Å². The van der Waals surface area contributed by atoms with Crippen molar-refractivity contribution in [2.24, 2.45) is 0 Å². The highest BCUT2D eigenvalue weighted by Gasteiger charge is 2.21. The summed E-state index contributed by atoms with van der Waals surface area (Å²) in [6, 6.07) is 8.74. The highest BCUT2D eigenvalue weighted by Crippen LogP contribution is 2.37. The predicted octanol–water partition coefficient (Wildman–Crippen LogP) is 3.10. The van der Waals surface area contributed by atoms with Crippen LogP contribution in [-0.4, -0.2) is 21.3 Å². The van der Waals surface area contributed by atoms with Crippen LogP contribution in [0.15, 0.2) is 41.7 Å². The molecule has 0 radical (unpaired) electrons. The average Bonchev–Trinajstić information content (AvgIpc) is 3.05. The van der Waals surface area contributed by atoms with Gasteiger partial charge in [-0.25, -0.2) is 4.98 Å². The van der Waals surface area contributed by atoms with Gasteiger partial charge >= 0.3 is 0 Å². The van der Waals surface area contributed by atoms with Gasteiger partial charge in [-0.1, -0.05) is 25.1 Å². The van der Waals surface area contributed by atoms with Crippen molar-refractivity contribution in [1.82, 2.24) is 14.9 Å². The number of aromatic nitrogens is 2. The van der Waals surface area contributed by atoms with Gasteiger partial charge in [0.1, 0.15) is 0 Å². The molecule has 4 heteroatoms. The molecule has 0 aliphatic carbocycles. The lowest BCUT2D eigenvalue weighted by atomic mass is 10.1. The summed E-state index contributed by atoms with van der Waals surface area (Å²) in [5.41, 5.74) is 2.63. The highest BCUT2D eigenvalue weighted by molar-refractivity contribution is 8.00. The van der Waals surface area contributed by atoms with Gasteiger partial charge in [-0.3, -0.25) is 0 Å². The standard InChI is InChI=1S/C16H21N3S/c1-2-7-17-9-14-10-19(12-18-14)11-15-8-13-5-3-4-6-16(13)20-15/h3-6,10,12,15,17H,2,7-9,11H2,1H3. The Hall–Kier alpha value is -1.26. The fraction of sp³-hybridized carbons (Fsp3) is 0.438. The van der Waals surface area contributed by atoms with Crippen LogP contribution in [0, 0.1) is 0 Å². The minimum absolute atomic E-state index is 0.637. The van der Waals surface area contributed by atoms with Crippen LogP contribution in [0.5, 0.6) is 0 Å². The van der Waals surface area contributed by atoms with Crippen molar-refractivity contribution in [1.29, 1.82) is 0 Å². The average molecular weight is 287 g/mol. The highest BCUT2D eigenvalue weighted by atomic mass is 32.2. The molecular weight excluding hydrogens is 266 g/mol. The van der Waals surface area contributed by atoms with E-state index in [4.69, 9.17) is 0 Å². The zero-order valence-electron chi connectivity index (χ0n) is 11.9. The number of nitrogens with one attached hydrogen (secondary N) is 1. The zero-order chi connectivity index (χ0) is 13.8. The normalized spacial score (nSPS) is 17.4. The minimum Gasteiger partial charge on any atom is -0.336 e. The monoisotopic (exact) mass is 287 g/mol. The van der Waals surface area contributed by atoms with Crippen LogP contribution in [0.4, 0.5) is 0 Å². The van der Waals surface area contributed by atoms with Crippen LogP contribution < -0.4 is 5.32 Å². The number of nitrogens with zero attached hydrogens (tertiary/aromatic N) is 2. The van der Waals surface area contributed by atoms with Crippen molar-refractivity contribution in [3.63, 3.8) is 0 Å². The summed E-state index contributed by atoms with van der Waals surface area (Å²) in [5.74, 6) is 0. The van der Waals surface area contributed by atoms with E-state index in [-0.39, 0.29) is 0 Å². The van der Waals surface area contributed by atoms with Gasteiger partial charge in [-0.05, 0) is 31.0 Å². The molecule has 3 nitrogen and oxygen atoms in total. The van der Waals surface area contributed by atoms with Gasteiger partial charge in [-0.2, -0.15) is 0 Å². The van der Waals surface area contributed by atoms with E-state index in [2.05, 4.69) is 52.3 Å². The Kier molecular flexibility index (Phi) is 4.43. The van der Waals surface area contributed by atoms with Crippen molar-refractivity contribution >= 4 is 11.8 Å². The SMILES string of the molecule is CCCNCc1cn(CC2Cc3ccccc3S2)cn1. The van der Waals surface area contributed by atoms with Gasteiger partial charge in [0.25, 0.3) is 0 Å². The Labute approximate surface area is 124 Å². The molecule has 0 spiro atoms. The Morgan fingerprint density at radius 1 is 1.40 bits per heavy atom. The van der Waals surface area contributed by atoms with E-state index in [9.17, 15) is 0 Å². The molecule has 2 aromatic rings. The third kappa shape index (κ3) is 3.25. The van der Waals surface area contributed by atoms with Crippen molar-refractivity contribution in [3.05, 3.63) is 48.0 Å². The van der Waals surface area contributed by atoms with E-state index in [0.717, 1.165) is 31.7 Å². The van der Waals surface area contributed by atoms with Crippen LogP contribution in [0.1, 0.15) is 24.6 Å². The molecule has 1 aliphatic heterocycles. The molecule has 0 fully saturated rings. The van der Waals surface area contributed by atoms with E-state index in [1.54, 1.807) is 0 Å². The van der Waals surface area contributed by atoms with Gasteiger partial charge in [-0.15, -0.1) is 11.8 Å². The van der Waals surface area contributed by atoms with Crippen molar-refractivity contribution < 1.29 is 0 Å². The number of fused-ring (bicyclic) bond motifs is 1. The largest absolute Gasteiger partial charge is 0.336 e. The maximum atomic E-state index is 4.47. The van der Waals surface area contributed by atoms with E-state index in [1.165, 1.54) is 16.9 Å². The van der Waals surface area contributed by atoms with Crippen LogP contribution in [0.2, 0.25) is 0 Å². The number of hydrogen-bond donors (Lipinski definition) is 1. The second-order valence-electron chi connectivity index (χ2n) is 5.29. The summed E-state index contributed by atoms with van der Waals surface area (Å²) in [5, 5.41) is 4.03. The molecule has 1 N–H and O–H groups in total. The summed E-state index contributed by atoms with van der Waals surface area (Å²) >= 11 is 2.00. The van der Waals surface area contributed by atoms with Crippen LogP contribution in [0.3, 0.4) is 0 Å². The Morgan fingerprint density at radius 3 is 3.15 bits per heavy atom. The summed E-state index contributed by atoms with van der Waals surface area (Å²) in [6.07, 6.45) is 6.47. The first-order chi connectivity index (χ1) is 9.85. The lowest BCUT2D eigenvalue weighted by molar-refractivity contribution is 0.654. The molecule has 0 saturated heterocycles. The van der Waals surface area contributed by atoms with Crippen LogP contribution >= 0.6 is 11.8 Å². The molecular formula is C16H21N3S. The predicted molar refractivity (Wildman–Crippen MR) is 84.0 cm³/mol. The van der Waals surface area contributed by atoms with Crippen molar-refractivity contribution in [3.8, 4) is 0 Å². The molecule has 0 amide bonds. The first-order valence-corrected chi connectivity index (χ1v) is 8.19. The first-order valence-electron chi connectivity index (χ1n) is 7.31. The number of thioether (sulfide) groups is 1. The second-order valence-corrected chi connectivity index (χ2v) is 6.63. The Balaban J connectivity index is 1.55. The molecule has 1 aromatic heterocycles. The van der Waals surface area contributed by atoms with E-state index >= 15 is 0 Å². The topological polar surface area (TPSA) is 29.9 Å². The molecule has 0 bridgehead atoms. The first kappa shape index (κ1) is 13.7. The van der Waals surface area contributed by atoms with E-state index in [1.807, 2.05) is 18.1 Å². The lowest BCUT2D eigenvalue weighted by Crippen LogP contribution is -2.14. The molecule has 106 valence electrons.